The van der Waals surface area contributed by atoms with Gasteiger partial charge in [0.25, 0.3) is 0 Å². The second-order valence-electron chi connectivity index (χ2n) is 8.60. The van der Waals surface area contributed by atoms with E-state index in [9.17, 15) is 14.3 Å². The molecular formula is C25H21FN4O4. The molecule has 0 atom stereocenters. The van der Waals surface area contributed by atoms with E-state index in [1.807, 2.05) is 4.90 Å². The van der Waals surface area contributed by atoms with E-state index in [1.165, 1.54) is 36.5 Å². The van der Waals surface area contributed by atoms with Crippen LogP contribution in [0.2, 0.25) is 0 Å². The Morgan fingerprint density at radius 1 is 1.15 bits per heavy atom. The van der Waals surface area contributed by atoms with E-state index in [4.69, 9.17) is 9.15 Å². The van der Waals surface area contributed by atoms with Gasteiger partial charge in [-0.2, -0.15) is 9.97 Å². The minimum Gasteiger partial charge on any atom is -0.508 e. The first-order valence-corrected chi connectivity index (χ1v) is 10.9. The number of aromatic nitrogens is 2. The number of fused-ring (bicyclic) bond motifs is 2. The van der Waals surface area contributed by atoms with Crippen molar-refractivity contribution in [1.82, 2.24) is 15.3 Å². The van der Waals surface area contributed by atoms with Crippen molar-refractivity contribution in [1.29, 1.82) is 0 Å². The number of hydrogen-bond acceptors (Lipinski definition) is 8. The van der Waals surface area contributed by atoms with Crippen LogP contribution in [0.4, 0.5) is 10.2 Å². The normalized spacial score (nSPS) is 15.6. The van der Waals surface area contributed by atoms with Gasteiger partial charge in [0.2, 0.25) is 0 Å². The smallest absolute Gasteiger partial charge is 0.349 e. The summed E-state index contributed by atoms with van der Waals surface area (Å²) in [6.45, 7) is 4.69. The molecule has 6 rings (SSSR count). The molecule has 0 radical (unpaired) electrons. The molecule has 2 aromatic heterocycles. The van der Waals surface area contributed by atoms with Crippen LogP contribution in [0.3, 0.4) is 0 Å². The molecule has 2 N–H and O–H groups in total. The predicted molar refractivity (Wildman–Crippen MR) is 126 cm³/mol. The Hall–Kier alpha value is -3.98. The largest absolute Gasteiger partial charge is 0.508 e. The number of rotatable bonds is 3. The van der Waals surface area contributed by atoms with Crippen LogP contribution in [-0.2, 0) is 0 Å². The maximum Gasteiger partial charge on any atom is 0.349 e. The van der Waals surface area contributed by atoms with Crippen LogP contribution in [0, 0.1) is 12.7 Å². The third-order valence-corrected chi connectivity index (χ3v) is 6.54. The summed E-state index contributed by atoms with van der Waals surface area (Å²) in [6, 6.07) is 7.56. The molecular weight excluding hydrogens is 439 g/mol. The molecule has 0 amide bonds. The van der Waals surface area contributed by atoms with Crippen molar-refractivity contribution >= 4 is 27.5 Å². The fourth-order valence-electron chi connectivity index (χ4n) is 4.95. The van der Waals surface area contributed by atoms with Gasteiger partial charge < -0.3 is 24.5 Å². The maximum absolute atomic E-state index is 14.8. The molecule has 9 heteroatoms. The van der Waals surface area contributed by atoms with Crippen molar-refractivity contribution in [2.24, 2.45) is 0 Å². The fourth-order valence-corrected chi connectivity index (χ4v) is 4.95. The third kappa shape index (κ3) is 3.04. The van der Waals surface area contributed by atoms with Gasteiger partial charge >= 0.3 is 11.6 Å². The Morgan fingerprint density at radius 3 is 2.65 bits per heavy atom. The summed E-state index contributed by atoms with van der Waals surface area (Å²) in [5.74, 6) is 0.0392. The molecule has 0 spiro atoms. The second-order valence-corrected chi connectivity index (χ2v) is 8.60. The van der Waals surface area contributed by atoms with Crippen molar-refractivity contribution < 1.29 is 18.7 Å². The van der Waals surface area contributed by atoms with E-state index in [0.29, 0.717) is 35.4 Å². The number of nitrogens with zero attached hydrogens (tertiary/aromatic N) is 3. The molecule has 0 fully saturated rings. The zero-order valence-electron chi connectivity index (χ0n) is 18.6. The number of phenolic OH excluding ortho intramolecular Hbond substituents is 1. The zero-order chi connectivity index (χ0) is 23.6. The van der Waals surface area contributed by atoms with E-state index >= 15 is 0 Å². The van der Waals surface area contributed by atoms with Gasteiger partial charge in [-0.1, -0.05) is 12.1 Å². The van der Waals surface area contributed by atoms with E-state index in [0.717, 1.165) is 13.1 Å². The highest BCUT2D eigenvalue weighted by Crippen LogP contribution is 2.38. The highest BCUT2D eigenvalue weighted by Gasteiger charge is 2.30. The van der Waals surface area contributed by atoms with Crippen LogP contribution < -0.4 is 20.6 Å². The quantitative estimate of drug-likeness (QED) is 0.450. The van der Waals surface area contributed by atoms with Crippen molar-refractivity contribution in [2.75, 3.05) is 38.2 Å². The Bertz CT molecular complexity index is 1580. The maximum atomic E-state index is 14.8. The predicted octanol–water partition coefficient (Wildman–Crippen LogP) is 3.28. The van der Waals surface area contributed by atoms with Crippen LogP contribution in [0.25, 0.3) is 33.0 Å². The van der Waals surface area contributed by atoms with Gasteiger partial charge in [-0.15, -0.1) is 0 Å². The van der Waals surface area contributed by atoms with Crippen molar-refractivity contribution in [3.05, 3.63) is 63.3 Å². The van der Waals surface area contributed by atoms with Crippen LogP contribution >= 0.6 is 0 Å². The molecule has 0 unspecified atom stereocenters. The molecule has 2 aliphatic rings. The first-order valence-electron chi connectivity index (χ1n) is 10.9. The minimum atomic E-state index is -0.633. The highest BCUT2D eigenvalue weighted by molar-refractivity contribution is 6.00. The Labute approximate surface area is 193 Å². The van der Waals surface area contributed by atoms with E-state index in [1.54, 1.807) is 19.1 Å². The number of ether oxygens (including phenoxy) is 1. The molecule has 4 heterocycles. The number of methoxy groups -OCH3 is 1. The van der Waals surface area contributed by atoms with E-state index in [-0.39, 0.29) is 33.9 Å². The van der Waals surface area contributed by atoms with Crippen LogP contribution in [0.5, 0.6) is 11.8 Å². The topological polar surface area (TPSA) is 101 Å². The summed E-state index contributed by atoms with van der Waals surface area (Å²) in [5.41, 5.74) is 3.12. The van der Waals surface area contributed by atoms with Crippen molar-refractivity contribution in [2.45, 2.75) is 6.92 Å². The number of aromatic hydroxyl groups is 1. The lowest BCUT2D eigenvalue weighted by atomic mass is 9.98. The Balaban J connectivity index is 1.61. The molecule has 0 aliphatic carbocycles. The average Bonchev–Trinajstić information content (AvgIpc) is 3.42. The summed E-state index contributed by atoms with van der Waals surface area (Å²) in [6.07, 6.45) is 0. The van der Waals surface area contributed by atoms with E-state index < -0.39 is 11.4 Å². The minimum absolute atomic E-state index is 0.0672. The van der Waals surface area contributed by atoms with E-state index in [2.05, 4.69) is 15.3 Å². The number of hydrogen-bond donors (Lipinski definition) is 2. The SMILES string of the molecule is COc1nc(N2CC3=C(CNC3)C2)c2c(=O)oc(-c3cc(O)cc4cccc(F)c34)c(C)c2n1. The van der Waals surface area contributed by atoms with Gasteiger partial charge in [0.1, 0.15) is 22.7 Å². The third-order valence-electron chi connectivity index (χ3n) is 6.54. The molecule has 0 saturated heterocycles. The van der Waals surface area contributed by atoms with Crippen molar-refractivity contribution in [3.63, 3.8) is 0 Å². The zero-order valence-corrected chi connectivity index (χ0v) is 18.6. The summed E-state index contributed by atoms with van der Waals surface area (Å²) in [7, 11) is 1.47. The van der Waals surface area contributed by atoms with Gasteiger partial charge in [0.15, 0.2) is 5.82 Å². The standard InChI is InChI=1S/C25H21FN4O4/c1-12-21-20(23(29-25(28-21)33-2)30-10-14-8-27-9-15(14)11-30)24(32)34-22(12)17-7-16(31)6-13-4-3-5-18(26)19(13)17/h3-7,27,31H,8-11H2,1-2H3. The Morgan fingerprint density at radius 2 is 1.91 bits per heavy atom. The van der Waals surface area contributed by atoms with Crippen LogP contribution in [0.1, 0.15) is 5.56 Å². The summed E-state index contributed by atoms with van der Waals surface area (Å²) in [5, 5.41) is 14.6. The summed E-state index contributed by atoms with van der Waals surface area (Å²) in [4.78, 5) is 24.3. The Kier molecular flexibility index (Phi) is 4.56. The first kappa shape index (κ1) is 20.6. The molecule has 0 bridgehead atoms. The molecule has 2 aromatic carbocycles. The number of aryl methyl sites for hydroxylation is 1. The average molecular weight is 460 g/mol. The molecule has 8 nitrogen and oxygen atoms in total. The molecule has 2 aliphatic heterocycles. The molecule has 34 heavy (non-hydrogen) atoms. The summed E-state index contributed by atoms with van der Waals surface area (Å²) >= 11 is 0. The lowest BCUT2D eigenvalue weighted by Gasteiger charge is -2.21. The lowest BCUT2D eigenvalue weighted by Crippen LogP contribution is -2.28. The molecule has 172 valence electrons. The fraction of sp³-hybridized carbons (Fsp3) is 0.240. The van der Waals surface area contributed by atoms with Gasteiger partial charge in [-0.3, -0.25) is 0 Å². The highest BCUT2D eigenvalue weighted by atomic mass is 19.1. The number of benzene rings is 2. The van der Waals surface area contributed by atoms with Crippen molar-refractivity contribution in [3.8, 4) is 23.1 Å². The van der Waals surface area contributed by atoms with Gasteiger partial charge in [-0.05, 0) is 41.7 Å². The van der Waals surface area contributed by atoms with Crippen LogP contribution in [-0.4, -0.2) is 48.4 Å². The van der Waals surface area contributed by atoms with Crippen LogP contribution in [0.15, 0.2) is 50.7 Å². The number of phenols is 1. The lowest BCUT2D eigenvalue weighted by molar-refractivity contribution is 0.381. The first-order chi connectivity index (χ1) is 16.4. The number of halogens is 1. The summed E-state index contributed by atoms with van der Waals surface area (Å²) < 4.78 is 26.0. The molecule has 4 aromatic rings. The number of nitrogens with one attached hydrogen (secondary N) is 1. The number of anilines is 1. The van der Waals surface area contributed by atoms with Gasteiger partial charge in [-0.25, -0.2) is 9.18 Å². The monoisotopic (exact) mass is 460 g/mol. The van der Waals surface area contributed by atoms with Gasteiger partial charge in [0, 0.05) is 42.7 Å². The second kappa shape index (κ2) is 7.53. The molecule has 0 saturated carbocycles. The van der Waals surface area contributed by atoms with Gasteiger partial charge in [0.05, 0.1) is 12.6 Å².